The van der Waals surface area contributed by atoms with Gasteiger partial charge in [0, 0.05) is 12.5 Å². The van der Waals surface area contributed by atoms with Crippen molar-refractivity contribution in [3.63, 3.8) is 0 Å². The number of hydrogen-bond donors (Lipinski definition) is 1. The molecular formula is C16H25NO. The molecule has 0 fully saturated rings. The predicted molar refractivity (Wildman–Crippen MR) is 76.3 cm³/mol. The lowest BCUT2D eigenvalue weighted by atomic mass is 9.83. The van der Waals surface area contributed by atoms with Gasteiger partial charge in [-0.15, -0.1) is 0 Å². The topological polar surface area (TPSA) is 21.3 Å². The minimum absolute atomic E-state index is 0.314. The van der Waals surface area contributed by atoms with Crippen molar-refractivity contribution < 1.29 is 4.74 Å². The highest BCUT2D eigenvalue weighted by molar-refractivity contribution is 5.39. The minimum atomic E-state index is 0.314. The maximum atomic E-state index is 5.54. The van der Waals surface area contributed by atoms with Crippen LogP contribution < -0.4 is 10.1 Å². The third-order valence-electron chi connectivity index (χ3n) is 3.87. The summed E-state index contributed by atoms with van der Waals surface area (Å²) in [4.78, 5) is 0. The van der Waals surface area contributed by atoms with Crippen molar-refractivity contribution in [2.24, 2.45) is 5.41 Å². The smallest absolute Gasteiger partial charge is 0.122 e. The minimum Gasteiger partial charge on any atom is -0.493 e. The van der Waals surface area contributed by atoms with E-state index in [0.717, 1.165) is 25.2 Å². The summed E-state index contributed by atoms with van der Waals surface area (Å²) in [5.74, 6) is 1.08. The van der Waals surface area contributed by atoms with Gasteiger partial charge in [-0.2, -0.15) is 0 Å². The van der Waals surface area contributed by atoms with E-state index >= 15 is 0 Å². The lowest BCUT2D eigenvalue weighted by molar-refractivity contribution is 0.268. The Bertz CT molecular complexity index is 406. The van der Waals surface area contributed by atoms with Gasteiger partial charge in [-0.25, -0.2) is 0 Å². The van der Waals surface area contributed by atoms with E-state index in [-0.39, 0.29) is 0 Å². The molecule has 1 aliphatic rings. The van der Waals surface area contributed by atoms with Gasteiger partial charge in [-0.05, 0) is 42.5 Å². The number of benzene rings is 1. The Balaban J connectivity index is 1.98. The highest BCUT2D eigenvalue weighted by Crippen LogP contribution is 2.28. The maximum Gasteiger partial charge on any atom is 0.122 e. The standard InChI is InChI=1S/C16H25NO/c1-16(2,3)15(17-4)8-6-12-5-7-14-13(11-12)9-10-18-14/h5,7,11,15,17H,6,8-10H2,1-4H3. The first-order valence-corrected chi connectivity index (χ1v) is 6.92. The normalized spacial score (nSPS) is 16.2. The van der Waals surface area contributed by atoms with Crippen LogP contribution in [0.25, 0.3) is 0 Å². The van der Waals surface area contributed by atoms with E-state index in [4.69, 9.17) is 4.74 Å². The second-order valence-corrected chi connectivity index (χ2v) is 6.29. The monoisotopic (exact) mass is 247 g/mol. The summed E-state index contributed by atoms with van der Waals surface area (Å²) in [6.07, 6.45) is 3.38. The molecule has 1 aliphatic heterocycles. The molecule has 0 spiro atoms. The molecule has 2 heteroatoms. The van der Waals surface area contributed by atoms with E-state index in [0.29, 0.717) is 11.5 Å². The van der Waals surface area contributed by atoms with Gasteiger partial charge in [-0.3, -0.25) is 0 Å². The quantitative estimate of drug-likeness (QED) is 0.882. The molecule has 18 heavy (non-hydrogen) atoms. The van der Waals surface area contributed by atoms with E-state index < -0.39 is 0 Å². The predicted octanol–water partition coefficient (Wildman–Crippen LogP) is 3.19. The van der Waals surface area contributed by atoms with Crippen molar-refractivity contribution in [2.45, 2.75) is 46.1 Å². The molecule has 1 aromatic rings. The Kier molecular flexibility index (Phi) is 3.96. The number of fused-ring (bicyclic) bond motifs is 1. The van der Waals surface area contributed by atoms with Crippen LogP contribution in [0.4, 0.5) is 0 Å². The molecule has 100 valence electrons. The Morgan fingerprint density at radius 1 is 1.33 bits per heavy atom. The van der Waals surface area contributed by atoms with Crippen molar-refractivity contribution in [3.05, 3.63) is 29.3 Å². The van der Waals surface area contributed by atoms with Crippen LogP contribution in [0.2, 0.25) is 0 Å². The fourth-order valence-electron chi connectivity index (χ4n) is 2.72. The van der Waals surface area contributed by atoms with Gasteiger partial charge >= 0.3 is 0 Å². The molecule has 0 saturated heterocycles. The summed E-state index contributed by atoms with van der Waals surface area (Å²) < 4.78 is 5.54. The molecule has 0 saturated carbocycles. The van der Waals surface area contributed by atoms with Crippen LogP contribution in [0.5, 0.6) is 5.75 Å². The summed E-state index contributed by atoms with van der Waals surface area (Å²) in [6.45, 7) is 7.74. The number of ether oxygens (including phenoxy) is 1. The molecule has 0 aromatic heterocycles. The Morgan fingerprint density at radius 2 is 2.11 bits per heavy atom. The first kappa shape index (κ1) is 13.4. The SMILES string of the molecule is CNC(CCc1ccc2c(c1)CCO2)C(C)(C)C. The first-order valence-electron chi connectivity index (χ1n) is 6.92. The average Bonchev–Trinajstić information content (AvgIpc) is 2.75. The highest BCUT2D eigenvalue weighted by atomic mass is 16.5. The van der Waals surface area contributed by atoms with Crippen LogP contribution in [-0.2, 0) is 12.8 Å². The number of aryl methyl sites for hydroxylation is 1. The molecule has 1 aromatic carbocycles. The maximum absolute atomic E-state index is 5.54. The summed E-state index contributed by atoms with van der Waals surface area (Å²) >= 11 is 0. The van der Waals surface area contributed by atoms with Gasteiger partial charge in [0.25, 0.3) is 0 Å². The molecule has 0 amide bonds. The van der Waals surface area contributed by atoms with E-state index in [1.807, 2.05) is 0 Å². The third kappa shape index (κ3) is 3.05. The van der Waals surface area contributed by atoms with Crippen LogP contribution in [0.15, 0.2) is 18.2 Å². The zero-order valence-corrected chi connectivity index (χ0v) is 12.0. The second kappa shape index (κ2) is 5.31. The van der Waals surface area contributed by atoms with Crippen molar-refractivity contribution >= 4 is 0 Å². The van der Waals surface area contributed by atoms with Gasteiger partial charge in [0.05, 0.1) is 6.61 Å². The Hall–Kier alpha value is -1.02. The molecule has 0 bridgehead atoms. The number of hydrogen-bond acceptors (Lipinski definition) is 2. The summed E-state index contributed by atoms with van der Waals surface area (Å²) in [6, 6.07) is 7.21. The molecule has 1 N–H and O–H groups in total. The van der Waals surface area contributed by atoms with Crippen LogP contribution in [-0.4, -0.2) is 19.7 Å². The Morgan fingerprint density at radius 3 is 2.78 bits per heavy atom. The van der Waals surface area contributed by atoms with Gasteiger partial charge in [0.1, 0.15) is 5.75 Å². The summed E-state index contributed by atoms with van der Waals surface area (Å²) in [5.41, 5.74) is 3.13. The van der Waals surface area contributed by atoms with Crippen LogP contribution in [0, 0.1) is 5.41 Å². The summed E-state index contributed by atoms with van der Waals surface area (Å²) in [5, 5.41) is 3.44. The largest absolute Gasteiger partial charge is 0.493 e. The van der Waals surface area contributed by atoms with E-state index in [9.17, 15) is 0 Å². The Labute approximate surface area is 111 Å². The average molecular weight is 247 g/mol. The number of rotatable bonds is 4. The molecule has 2 nitrogen and oxygen atoms in total. The second-order valence-electron chi connectivity index (χ2n) is 6.29. The van der Waals surface area contributed by atoms with E-state index in [2.05, 4.69) is 51.3 Å². The first-order chi connectivity index (χ1) is 8.50. The van der Waals surface area contributed by atoms with Gasteiger partial charge in [0.2, 0.25) is 0 Å². The van der Waals surface area contributed by atoms with Crippen LogP contribution in [0.1, 0.15) is 38.3 Å². The molecule has 1 atom stereocenters. The van der Waals surface area contributed by atoms with Gasteiger partial charge < -0.3 is 10.1 Å². The zero-order valence-electron chi connectivity index (χ0n) is 12.0. The molecule has 1 heterocycles. The zero-order chi connectivity index (χ0) is 13.2. The molecule has 0 radical (unpaired) electrons. The number of nitrogens with one attached hydrogen (secondary N) is 1. The van der Waals surface area contributed by atoms with E-state index in [1.54, 1.807) is 0 Å². The van der Waals surface area contributed by atoms with Crippen molar-refractivity contribution in [1.29, 1.82) is 0 Å². The van der Waals surface area contributed by atoms with Crippen molar-refractivity contribution in [3.8, 4) is 5.75 Å². The van der Waals surface area contributed by atoms with Gasteiger partial charge in [0.15, 0.2) is 0 Å². The van der Waals surface area contributed by atoms with Crippen LogP contribution in [0.3, 0.4) is 0 Å². The van der Waals surface area contributed by atoms with E-state index in [1.165, 1.54) is 17.5 Å². The molecular weight excluding hydrogens is 222 g/mol. The lowest BCUT2D eigenvalue weighted by Crippen LogP contribution is -2.38. The van der Waals surface area contributed by atoms with Crippen molar-refractivity contribution in [2.75, 3.05) is 13.7 Å². The van der Waals surface area contributed by atoms with Crippen LogP contribution >= 0.6 is 0 Å². The lowest BCUT2D eigenvalue weighted by Gasteiger charge is -2.30. The third-order valence-corrected chi connectivity index (χ3v) is 3.87. The fraction of sp³-hybridized carbons (Fsp3) is 0.625. The molecule has 0 aliphatic carbocycles. The van der Waals surface area contributed by atoms with Gasteiger partial charge in [-0.1, -0.05) is 32.9 Å². The van der Waals surface area contributed by atoms with Crippen molar-refractivity contribution in [1.82, 2.24) is 5.32 Å². The molecule has 2 rings (SSSR count). The molecule has 1 unspecified atom stereocenters. The fourth-order valence-corrected chi connectivity index (χ4v) is 2.72. The summed E-state index contributed by atoms with van der Waals surface area (Å²) in [7, 11) is 2.06. The highest BCUT2D eigenvalue weighted by Gasteiger charge is 2.22.